The third-order valence-electron chi connectivity index (χ3n) is 3.65. The quantitative estimate of drug-likeness (QED) is 0.848. The van der Waals surface area contributed by atoms with E-state index in [-0.39, 0.29) is 28.2 Å². The fourth-order valence-corrected chi connectivity index (χ4v) is 3.81. The van der Waals surface area contributed by atoms with Crippen molar-refractivity contribution in [1.29, 1.82) is 0 Å². The smallest absolute Gasteiger partial charge is 0.236 e. The van der Waals surface area contributed by atoms with Crippen molar-refractivity contribution >= 4 is 17.7 Å². The SMILES string of the molecule is C[C@@H]1S[C@H](c2cccc(F)c2)N(Cc2ccc(F)cc2)C1=O. The molecule has 2 atom stereocenters. The second kappa shape index (κ2) is 6.08. The zero-order chi connectivity index (χ0) is 15.7. The Morgan fingerprint density at radius 3 is 2.50 bits per heavy atom. The standard InChI is InChI=1S/C17H15F2NOS/c1-11-16(21)20(10-12-5-7-14(18)8-6-12)17(22-11)13-3-2-4-15(19)9-13/h2-9,11,17H,10H2,1H3/t11-,17+/m0/s1. The van der Waals surface area contributed by atoms with Gasteiger partial charge in [0.15, 0.2) is 0 Å². The third-order valence-corrected chi connectivity index (χ3v) is 5.04. The van der Waals surface area contributed by atoms with Crippen molar-refractivity contribution < 1.29 is 13.6 Å². The molecular weight excluding hydrogens is 304 g/mol. The highest BCUT2D eigenvalue weighted by atomic mass is 32.2. The van der Waals surface area contributed by atoms with Gasteiger partial charge in [0.05, 0.1) is 5.25 Å². The monoisotopic (exact) mass is 319 g/mol. The maximum atomic E-state index is 13.5. The van der Waals surface area contributed by atoms with Crippen molar-refractivity contribution in [3.8, 4) is 0 Å². The fourth-order valence-electron chi connectivity index (χ4n) is 2.54. The molecular formula is C17H15F2NOS. The first-order valence-corrected chi connectivity index (χ1v) is 7.95. The average Bonchev–Trinajstić information content (AvgIpc) is 2.78. The van der Waals surface area contributed by atoms with E-state index in [2.05, 4.69) is 0 Å². The van der Waals surface area contributed by atoms with Crippen LogP contribution in [0.3, 0.4) is 0 Å². The zero-order valence-corrected chi connectivity index (χ0v) is 12.8. The van der Waals surface area contributed by atoms with Crippen LogP contribution in [0, 0.1) is 11.6 Å². The van der Waals surface area contributed by atoms with E-state index in [0.717, 1.165) is 11.1 Å². The number of hydrogen-bond acceptors (Lipinski definition) is 2. The van der Waals surface area contributed by atoms with Gasteiger partial charge >= 0.3 is 0 Å². The van der Waals surface area contributed by atoms with Crippen LogP contribution in [0.1, 0.15) is 23.4 Å². The van der Waals surface area contributed by atoms with E-state index in [4.69, 9.17) is 0 Å². The molecule has 1 fully saturated rings. The van der Waals surface area contributed by atoms with Gasteiger partial charge in [0, 0.05) is 6.54 Å². The Hall–Kier alpha value is -1.88. The predicted octanol–water partition coefficient (Wildman–Crippen LogP) is 4.13. The molecule has 1 amide bonds. The van der Waals surface area contributed by atoms with Crippen molar-refractivity contribution in [1.82, 2.24) is 4.90 Å². The van der Waals surface area contributed by atoms with Crippen molar-refractivity contribution in [3.63, 3.8) is 0 Å². The summed E-state index contributed by atoms with van der Waals surface area (Å²) in [5.41, 5.74) is 1.62. The summed E-state index contributed by atoms with van der Waals surface area (Å²) >= 11 is 1.50. The van der Waals surface area contributed by atoms with Crippen molar-refractivity contribution in [3.05, 3.63) is 71.3 Å². The first-order chi connectivity index (χ1) is 10.5. The minimum absolute atomic E-state index is 0.0172. The van der Waals surface area contributed by atoms with Crippen molar-refractivity contribution in [2.45, 2.75) is 24.1 Å². The van der Waals surface area contributed by atoms with Crippen LogP contribution >= 0.6 is 11.8 Å². The molecule has 0 saturated carbocycles. The molecule has 0 spiro atoms. The number of benzene rings is 2. The molecule has 2 nitrogen and oxygen atoms in total. The van der Waals surface area contributed by atoms with E-state index >= 15 is 0 Å². The Morgan fingerprint density at radius 2 is 1.82 bits per heavy atom. The van der Waals surface area contributed by atoms with Gasteiger partial charge in [-0.15, -0.1) is 11.8 Å². The van der Waals surface area contributed by atoms with Crippen LogP contribution in [0.2, 0.25) is 0 Å². The lowest BCUT2D eigenvalue weighted by molar-refractivity contribution is -0.130. The number of amides is 1. The molecule has 2 aromatic carbocycles. The van der Waals surface area contributed by atoms with Gasteiger partial charge in [-0.05, 0) is 42.3 Å². The van der Waals surface area contributed by atoms with E-state index < -0.39 is 0 Å². The van der Waals surface area contributed by atoms with Crippen LogP contribution in [-0.4, -0.2) is 16.1 Å². The lowest BCUT2D eigenvalue weighted by Gasteiger charge is -2.24. The maximum absolute atomic E-state index is 13.5. The van der Waals surface area contributed by atoms with E-state index in [1.54, 1.807) is 23.1 Å². The summed E-state index contributed by atoms with van der Waals surface area (Å²) in [7, 11) is 0. The number of carbonyl (C=O) groups is 1. The topological polar surface area (TPSA) is 20.3 Å². The summed E-state index contributed by atoms with van der Waals surface area (Å²) in [5, 5.41) is -0.392. The lowest BCUT2D eigenvalue weighted by atomic mass is 10.1. The molecule has 5 heteroatoms. The highest BCUT2D eigenvalue weighted by Gasteiger charge is 2.38. The van der Waals surface area contributed by atoms with Gasteiger partial charge in [0.25, 0.3) is 0 Å². The van der Waals surface area contributed by atoms with Crippen LogP contribution in [-0.2, 0) is 11.3 Å². The van der Waals surface area contributed by atoms with Gasteiger partial charge in [-0.3, -0.25) is 4.79 Å². The van der Waals surface area contributed by atoms with Crippen LogP contribution in [0.25, 0.3) is 0 Å². The van der Waals surface area contributed by atoms with Crippen LogP contribution < -0.4 is 0 Å². The minimum atomic E-state index is -0.313. The number of carbonyl (C=O) groups excluding carboxylic acids is 1. The fraction of sp³-hybridized carbons (Fsp3) is 0.235. The van der Waals surface area contributed by atoms with Crippen LogP contribution in [0.5, 0.6) is 0 Å². The molecule has 1 aliphatic heterocycles. The molecule has 0 aromatic heterocycles. The Morgan fingerprint density at radius 1 is 1.09 bits per heavy atom. The molecule has 1 aliphatic rings. The van der Waals surface area contributed by atoms with E-state index in [9.17, 15) is 13.6 Å². The molecule has 0 aliphatic carbocycles. The summed E-state index contributed by atoms with van der Waals surface area (Å²) in [5.74, 6) is -0.601. The lowest BCUT2D eigenvalue weighted by Crippen LogP contribution is -2.29. The predicted molar refractivity (Wildman–Crippen MR) is 83.1 cm³/mol. The number of nitrogens with zero attached hydrogens (tertiary/aromatic N) is 1. The first kappa shape index (κ1) is 15.0. The van der Waals surface area contributed by atoms with Crippen molar-refractivity contribution in [2.75, 3.05) is 0 Å². The number of halogens is 2. The normalized spacial score (nSPS) is 21.4. The molecule has 0 unspecified atom stereocenters. The van der Waals surface area contributed by atoms with Gasteiger partial charge < -0.3 is 4.90 Å². The van der Waals surface area contributed by atoms with Gasteiger partial charge in [0.1, 0.15) is 17.0 Å². The number of hydrogen-bond donors (Lipinski definition) is 0. The second-order valence-corrected chi connectivity index (χ2v) is 6.70. The molecule has 1 heterocycles. The van der Waals surface area contributed by atoms with E-state index in [1.807, 2.05) is 13.0 Å². The molecule has 22 heavy (non-hydrogen) atoms. The minimum Gasteiger partial charge on any atom is -0.321 e. The summed E-state index contributed by atoms with van der Waals surface area (Å²) in [6.45, 7) is 2.24. The average molecular weight is 319 g/mol. The highest BCUT2D eigenvalue weighted by Crippen LogP contribution is 2.43. The zero-order valence-electron chi connectivity index (χ0n) is 12.0. The Bertz CT molecular complexity index is 689. The second-order valence-electron chi connectivity index (χ2n) is 5.28. The largest absolute Gasteiger partial charge is 0.321 e. The Kier molecular flexibility index (Phi) is 4.16. The highest BCUT2D eigenvalue weighted by molar-refractivity contribution is 8.01. The molecule has 0 radical (unpaired) electrons. The number of rotatable bonds is 3. The summed E-state index contributed by atoms with van der Waals surface area (Å²) in [6.07, 6.45) is 0. The van der Waals surface area contributed by atoms with Gasteiger partial charge in [-0.2, -0.15) is 0 Å². The van der Waals surface area contributed by atoms with E-state index in [0.29, 0.717) is 6.54 Å². The summed E-state index contributed by atoms with van der Waals surface area (Å²) < 4.78 is 26.5. The van der Waals surface area contributed by atoms with E-state index in [1.165, 1.54) is 36.0 Å². The Balaban J connectivity index is 1.88. The van der Waals surface area contributed by atoms with Gasteiger partial charge in [-0.1, -0.05) is 24.3 Å². The van der Waals surface area contributed by atoms with Crippen LogP contribution in [0.15, 0.2) is 48.5 Å². The van der Waals surface area contributed by atoms with Gasteiger partial charge in [-0.25, -0.2) is 8.78 Å². The maximum Gasteiger partial charge on any atom is 0.236 e. The third kappa shape index (κ3) is 2.99. The van der Waals surface area contributed by atoms with Crippen LogP contribution in [0.4, 0.5) is 8.78 Å². The number of thioether (sulfide) groups is 1. The first-order valence-electron chi connectivity index (χ1n) is 7.00. The summed E-state index contributed by atoms with van der Waals surface area (Å²) in [6, 6.07) is 12.4. The molecule has 0 bridgehead atoms. The Labute approximate surface area is 132 Å². The molecule has 114 valence electrons. The molecule has 0 N–H and O–H groups in total. The summed E-state index contributed by atoms with van der Waals surface area (Å²) in [4.78, 5) is 14.1. The molecule has 2 aromatic rings. The molecule has 1 saturated heterocycles. The van der Waals surface area contributed by atoms with Crippen molar-refractivity contribution in [2.24, 2.45) is 0 Å². The van der Waals surface area contributed by atoms with Gasteiger partial charge in [0.2, 0.25) is 5.91 Å². The molecule has 3 rings (SSSR count).